The van der Waals surface area contributed by atoms with Crippen LogP contribution in [-0.2, 0) is 16.1 Å². The number of fused-ring (bicyclic) bond motifs is 3. The van der Waals surface area contributed by atoms with Gasteiger partial charge in [-0.3, -0.25) is 0 Å². The van der Waals surface area contributed by atoms with E-state index in [1.54, 1.807) is 7.11 Å². The maximum absolute atomic E-state index is 11.4. The topological polar surface area (TPSA) is 83.0 Å². The Morgan fingerprint density at radius 2 is 1.82 bits per heavy atom. The van der Waals surface area contributed by atoms with Gasteiger partial charge in [0.15, 0.2) is 5.82 Å². The van der Waals surface area contributed by atoms with E-state index in [1.165, 1.54) is 0 Å². The Labute approximate surface area is 163 Å². The van der Waals surface area contributed by atoms with Gasteiger partial charge in [-0.15, -0.1) is 0 Å². The number of carbonyl (C=O) groups excluding carboxylic acids is 1. The molecule has 28 heavy (non-hydrogen) atoms. The maximum Gasteiger partial charge on any atom is 0.152 e. The fourth-order valence-corrected chi connectivity index (χ4v) is 3.61. The molecule has 0 saturated carbocycles. The Bertz CT molecular complexity index is 1140. The van der Waals surface area contributed by atoms with Gasteiger partial charge in [-0.25, -0.2) is 9.97 Å². The molecule has 0 spiro atoms. The van der Waals surface area contributed by atoms with Gasteiger partial charge in [0.05, 0.1) is 11.0 Å². The number of benzene rings is 2. The Hall–Kier alpha value is -3.25. The van der Waals surface area contributed by atoms with Crippen molar-refractivity contribution < 1.29 is 9.53 Å². The average Bonchev–Trinajstić information content (AvgIpc) is 3.09. The highest BCUT2D eigenvalue weighted by Gasteiger charge is 2.25. The molecule has 2 heterocycles. The molecule has 2 N–H and O–H groups in total. The summed E-state index contributed by atoms with van der Waals surface area (Å²) in [5.41, 5.74) is 9.54. The summed E-state index contributed by atoms with van der Waals surface area (Å²) in [7, 11) is 1.66. The number of methoxy groups -OCH3 is 1. The largest absolute Gasteiger partial charge is 0.382 e. The summed E-state index contributed by atoms with van der Waals surface area (Å²) in [6, 6.07) is 17.7. The second-order valence-electron chi connectivity index (χ2n) is 6.93. The number of imidazole rings is 1. The van der Waals surface area contributed by atoms with E-state index in [4.69, 9.17) is 15.5 Å². The normalized spacial score (nSPS) is 13.6. The summed E-state index contributed by atoms with van der Waals surface area (Å²) in [5, 5.41) is 0.950. The zero-order chi connectivity index (χ0) is 19.7. The molecule has 6 nitrogen and oxygen atoms in total. The highest BCUT2D eigenvalue weighted by molar-refractivity contribution is 6.06. The van der Waals surface area contributed by atoms with E-state index in [0.717, 1.165) is 28.3 Å². The van der Waals surface area contributed by atoms with Crippen LogP contribution in [0.15, 0.2) is 54.6 Å². The fourth-order valence-electron chi connectivity index (χ4n) is 3.61. The van der Waals surface area contributed by atoms with Gasteiger partial charge in [0.25, 0.3) is 0 Å². The lowest BCUT2D eigenvalue weighted by molar-refractivity contribution is -0.111. The molecule has 2 atom stereocenters. The van der Waals surface area contributed by atoms with Crippen molar-refractivity contribution in [2.24, 2.45) is 5.92 Å². The quantitative estimate of drug-likeness (QED) is 0.520. The van der Waals surface area contributed by atoms with Crippen LogP contribution in [0.5, 0.6) is 0 Å². The van der Waals surface area contributed by atoms with Crippen LogP contribution in [0.2, 0.25) is 0 Å². The molecule has 0 aliphatic heterocycles. The number of aldehydes is 1. The predicted molar refractivity (Wildman–Crippen MR) is 110 cm³/mol. The molecule has 2 unspecified atom stereocenters. The van der Waals surface area contributed by atoms with Gasteiger partial charge in [-0.1, -0.05) is 55.5 Å². The van der Waals surface area contributed by atoms with Gasteiger partial charge in [0.2, 0.25) is 0 Å². The summed E-state index contributed by atoms with van der Waals surface area (Å²) in [6.07, 6.45) is 0.567. The van der Waals surface area contributed by atoms with Crippen LogP contribution in [-0.4, -0.2) is 27.9 Å². The molecule has 2 aromatic heterocycles. The Balaban J connectivity index is 2.05. The van der Waals surface area contributed by atoms with Gasteiger partial charge < -0.3 is 19.8 Å². The maximum atomic E-state index is 11.4. The lowest BCUT2D eigenvalue weighted by Gasteiger charge is -2.19. The number of anilines is 1. The monoisotopic (exact) mass is 374 g/mol. The van der Waals surface area contributed by atoms with Crippen LogP contribution in [0.4, 0.5) is 5.82 Å². The molecule has 4 rings (SSSR count). The van der Waals surface area contributed by atoms with E-state index in [9.17, 15) is 4.79 Å². The molecule has 0 amide bonds. The van der Waals surface area contributed by atoms with Crippen LogP contribution >= 0.6 is 0 Å². The zero-order valence-electron chi connectivity index (χ0n) is 15.9. The van der Waals surface area contributed by atoms with E-state index in [-0.39, 0.29) is 12.0 Å². The number of pyridine rings is 1. The molecule has 0 saturated heterocycles. The number of aromatic nitrogens is 3. The summed E-state index contributed by atoms with van der Waals surface area (Å²) in [4.78, 5) is 20.8. The van der Waals surface area contributed by atoms with Crippen LogP contribution < -0.4 is 5.73 Å². The molecule has 0 aliphatic rings. The predicted octanol–water partition coefficient (Wildman–Crippen LogP) is 3.74. The second kappa shape index (κ2) is 7.40. The van der Waals surface area contributed by atoms with Crippen molar-refractivity contribution in [1.82, 2.24) is 14.5 Å². The third-order valence-electron chi connectivity index (χ3n) is 4.92. The first kappa shape index (κ1) is 18.1. The number of hydrogen-bond donors (Lipinski definition) is 1. The van der Waals surface area contributed by atoms with Crippen LogP contribution in [0.1, 0.15) is 24.4 Å². The first-order valence-electron chi connectivity index (χ1n) is 9.21. The standard InChI is InChI=1S/C22H22N4O2/c1-14(13-27)12-26-19-16-10-6-7-11-17(16)24-21(23)18(19)25-22(26)20(28-2)15-8-4-3-5-9-15/h3-11,13-14,20H,12H2,1-2H3,(H2,23,24). The minimum absolute atomic E-state index is 0.183. The molecule has 6 heteroatoms. The molecule has 0 bridgehead atoms. The number of para-hydroxylation sites is 1. The van der Waals surface area contributed by atoms with E-state index >= 15 is 0 Å². The van der Waals surface area contributed by atoms with Gasteiger partial charge in [0.1, 0.15) is 23.7 Å². The summed E-state index contributed by atoms with van der Waals surface area (Å²) in [5.74, 6) is 0.898. The number of hydrogen-bond acceptors (Lipinski definition) is 5. The number of carbonyl (C=O) groups is 1. The highest BCUT2D eigenvalue weighted by Crippen LogP contribution is 2.34. The summed E-state index contributed by atoms with van der Waals surface area (Å²) in [6.45, 7) is 2.37. The molecular weight excluding hydrogens is 352 g/mol. The Kier molecular flexibility index (Phi) is 4.79. The molecule has 0 radical (unpaired) electrons. The van der Waals surface area contributed by atoms with Crippen molar-refractivity contribution in [2.45, 2.75) is 19.6 Å². The van der Waals surface area contributed by atoms with Gasteiger partial charge in [0, 0.05) is 25.0 Å². The molecule has 0 fully saturated rings. The van der Waals surface area contributed by atoms with Crippen LogP contribution in [0, 0.1) is 5.92 Å². The Morgan fingerprint density at radius 3 is 2.54 bits per heavy atom. The number of nitrogen functional groups attached to an aromatic ring is 1. The minimum atomic E-state index is -0.384. The van der Waals surface area contributed by atoms with E-state index in [0.29, 0.717) is 23.7 Å². The smallest absolute Gasteiger partial charge is 0.152 e. The Morgan fingerprint density at radius 1 is 1.11 bits per heavy atom. The molecule has 0 aliphatic carbocycles. The van der Waals surface area contributed by atoms with Crippen molar-refractivity contribution >= 4 is 34.0 Å². The number of nitrogens with zero attached hydrogens (tertiary/aromatic N) is 3. The molecule has 4 aromatic rings. The third kappa shape index (κ3) is 3.01. The number of nitrogens with two attached hydrogens (primary N) is 1. The number of ether oxygens (including phenoxy) is 1. The third-order valence-corrected chi connectivity index (χ3v) is 4.92. The fraction of sp³-hybridized carbons (Fsp3) is 0.227. The van der Waals surface area contributed by atoms with E-state index in [1.807, 2.05) is 61.5 Å². The second-order valence-corrected chi connectivity index (χ2v) is 6.93. The highest BCUT2D eigenvalue weighted by atomic mass is 16.5. The first-order chi connectivity index (χ1) is 13.6. The number of rotatable bonds is 6. The molecule has 2 aromatic carbocycles. The zero-order valence-corrected chi connectivity index (χ0v) is 15.9. The van der Waals surface area contributed by atoms with Crippen LogP contribution in [0.3, 0.4) is 0 Å². The molecule has 142 valence electrons. The van der Waals surface area contributed by atoms with E-state index in [2.05, 4.69) is 9.55 Å². The van der Waals surface area contributed by atoms with Crippen LogP contribution in [0.25, 0.3) is 21.9 Å². The van der Waals surface area contributed by atoms with Crippen molar-refractivity contribution in [3.8, 4) is 0 Å². The van der Waals surface area contributed by atoms with Crippen molar-refractivity contribution in [3.63, 3.8) is 0 Å². The summed E-state index contributed by atoms with van der Waals surface area (Å²) >= 11 is 0. The average molecular weight is 374 g/mol. The molecular formula is C22H22N4O2. The van der Waals surface area contributed by atoms with Gasteiger partial charge >= 0.3 is 0 Å². The van der Waals surface area contributed by atoms with Crippen molar-refractivity contribution in [3.05, 3.63) is 66.0 Å². The minimum Gasteiger partial charge on any atom is -0.382 e. The van der Waals surface area contributed by atoms with Crippen molar-refractivity contribution in [2.75, 3.05) is 12.8 Å². The lowest BCUT2D eigenvalue weighted by Crippen LogP contribution is -2.16. The van der Waals surface area contributed by atoms with Crippen molar-refractivity contribution in [1.29, 1.82) is 0 Å². The SMILES string of the molecule is COC(c1ccccc1)c1nc2c(N)nc3ccccc3c2n1CC(C)C=O. The first-order valence-corrected chi connectivity index (χ1v) is 9.21. The lowest BCUT2D eigenvalue weighted by atomic mass is 10.1. The van der Waals surface area contributed by atoms with E-state index < -0.39 is 0 Å². The van der Waals surface area contributed by atoms with Gasteiger partial charge in [-0.2, -0.15) is 0 Å². The van der Waals surface area contributed by atoms with Gasteiger partial charge in [-0.05, 0) is 11.6 Å². The summed E-state index contributed by atoms with van der Waals surface area (Å²) < 4.78 is 7.88.